The first kappa shape index (κ1) is 40.3. The first-order chi connectivity index (χ1) is 23.3. The van der Waals surface area contributed by atoms with Gasteiger partial charge in [0.05, 0.1) is 0 Å². The first-order valence-corrected chi connectivity index (χ1v) is 17.2. The lowest BCUT2D eigenvalue weighted by atomic mass is 9.90. The van der Waals surface area contributed by atoms with E-state index < -0.39 is 41.4 Å². The number of hydrogen-bond acceptors (Lipinski definition) is 4. The van der Waals surface area contributed by atoms with Crippen molar-refractivity contribution in [3.8, 4) is 0 Å². The van der Waals surface area contributed by atoms with Gasteiger partial charge in [0.15, 0.2) is 0 Å². The number of nitrogens with one attached hydrogen (secondary N) is 1. The van der Waals surface area contributed by atoms with Crippen LogP contribution in [0.2, 0.25) is 0 Å². The second-order valence-corrected chi connectivity index (χ2v) is 12.9. The van der Waals surface area contributed by atoms with E-state index in [0.717, 1.165) is 72.0 Å². The SMILES string of the molecule is CO[C@](C(=O)N[C@@H](C)CCCCCCCCCCC[C@H]1CCCN1C(=O)[C@@](OC)(c1ccccc1)C(F)(F)F)(c1ccccc1)C(F)(F)F. The van der Waals surface area contributed by atoms with Crippen LogP contribution in [0.15, 0.2) is 60.7 Å². The lowest BCUT2D eigenvalue weighted by Crippen LogP contribution is -2.57. The smallest absolute Gasteiger partial charge is 0.356 e. The van der Waals surface area contributed by atoms with Crippen molar-refractivity contribution in [3.05, 3.63) is 71.8 Å². The molecule has 2 aromatic rings. The summed E-state index contributed by atoms with van der Waals surface area (Å²) >= 11 is 0. The number of benzene rings is 2. The Kier molecular flexibility index (Phi) is 15.0. The summed E-state index contributed by atoms with van der Waals surface area (Å²) in [6.45, 7) is 1.96. The van der Waals surface area contributed by atoms with Crippen LogP contribution in [0.5, 0.6) is 0 Å². The van der Waals surface area contributed by atoms with Gasteiger partial charge in [-0.15, -0.1) is 0 Å². The van der Waals surface area contributed by atoms with Crippen molar-refractivity contribution in [1.82, 2.24) is 10.2 Å². The number of rotatable bonds is 19. The predicted octanol–water partition coefficient (Wildman–Crippen LogP) is 8.98. The maximum atomic E-state index is 14.4. The fraction of sp³-hybridized carbons (Fsp3) is 0.622. The third-order valence-electron chi connectivity index (χ3n) is 9.58. The van der Waals surface area contributed by atoms with Gasteiger partial charge < -0.3 is 19.7 Å². The number of carbonyl (C=O) groups is 2. The highest BCUT2D eigenvalue weighted by atomic mass is 19.4. The van der Waals surface area contributed by atoms with Crippen LogP contribution in [0.25, 0.3) is 0 Å². The summed E-state index contributed by atoms with van der Waals surface area (Å²) in [6, 6.07) is 13.3. The molecule has 0 aliphatic carbocycles. The zero-order valence-electron chi connectivity index (χ0n) is 28.7. The average molecular weight is 701 g/mol. The zero-order valence-corrected chi connectivity index (χ0v) is 28.7. The van der Waals surface area contributed by atoms with E-state index in [1.807, 2.05) is 0 Å². The van der Waals surface area contributed by atoms with Crippen molar-refractivity contribution in [1.29, 1.82) is 0 Å². The molecule has 3 rings (SSSR count). The maximum absolute atomic E-state index is 14.4. The van der Waals surface area contributed by atoms with E-state index in [-0.39, 0.29) is 23.7 Å². The number of hydrogen-bond donors (Lipinski definition) is 1. The molecule has 274 valence electrons. The Morgan fingerprint density at radius 1 is 0.735 bits per heavy atom. The van der Waals surface area contributed by atoms with Crippen LogP contribution in [0.4, 0.5) is 26.3 Å². The maximum Gasteiger partial charge on any atom is 0.430 e. The minimum absolute atomic E-state index is 0.222. The molecule has 1 fully saturated rings. The summed E-state index contributed by atoms with van der Waals surface area (Å²) in [4.78, 5) is 27.7. The van der Waals surface area contributed by atoms with Gasteiger partial charge in [0, 0.05) is 44.0 Å². The molecule has 0 bridgehead atoms. The summed E-state index contributed by atoms with van der Waals surface area (Å²) in [7, 11) is 1.82. The Bertz CT molecular complexity index is 1290. The van der Waals surface area contributed by atoms with E-state index in [4.69, 9.17) is 9.47 Å². The monoisotopic (exact) mass is 700 g/mol. The molecule has 1 N–H and O–H groups in total. The molecular weight excluding hydrogens is 650 g/mol. The third-order valence-corrected chi connectivity index (χ3v) is 9.58. The number of carbonyl (C=O) groups excluding carboxylic acids is 2. The highest BCUT2D eigenvalue weighted by Gasteiger charge is 2.65. The molecule has 1 saturated heterocycles. The van der Waals surface area contributed by atoms with Gasteiger partial charge in [0.25, 0.3) is 23.0 Å². The number of amides is 2. The number of halogens is 6. The fourth-order valence-electron chi connectivity index (χ4n) is 6.90. The Labute approximate surface area is 285 Å². The van der Waals surface area contributed by atoms with Crippen LogP contribution in [-0.4, -0.2) is 61.9 Å². The molecule has 2 aromatic carbocycles. The Balaban J connectivity index is 1.33. The van der Waals surface area contributed by atoms with E-state index in [0.29, 0.717) is 25.7 Å². The number of nitrogens with zero attached hydrogens (tertiary/aromatic N) is 1. The second-order valence-electron chi connectivity index (χ2n) is 12.9. The molecular formula is C37H50F6N2O4. The van der Waals surface area contributed by atoms with Crippen molar-refractivity contribution >= 4 is 11.8 Å². The zero-order chi connectivity index (χ0) is 36.1. The normalized spacial score (nSPS) is 18.5. The van der Waals surface area contributed by atoms with Crippen molar-refractivity contribution in [2.45, 2.75) is 126 Å². The molecule has 0 saturated carbocycles. The van der Waals surface area contributed by atoms with Crippen LogP contribution in [-0.2, 0) is 30.3 Å². The van der Waals surface area contributed by atoms with E-state index in [1.165, 1.54) is 53.4 Å². The van der Waals surface area contributed by atoms with Crippen molar-refractivity contribution in [2.24, 2.45) is 0 Å². The molecule has 49 heavy (non-hydrogen) atoms. The van der Waals surface area contributed by atoms with E-state index >= 15 is 0 Å². The van der Waals surface area contributed by atoms with Crippen molar-refractivity contribution in [2.75, 3.05) is 20.8 Å². The topological polar surface area (TPSA) is 67.9 Å². The van der Waals surface area contributed by atoms with Gasteiger partial charge in [-0.05, 0) is 32.6 Å². The van der Waals surface area contributed by atoms with E-state index in [1.54, 1.807) is 19.1 Å². The van der Waals surface area contributed by atoms with E-state index in [2.05, 4.69) is 5.32 Å². The lowest BCUT2D eigenvalue weighted by Gasteiger charge is -2.38. The fourth-order valence-corrected chi connectivity index (χ4v) is 6.90. The molecule has 12 heteroatoms. The first-order valence-electron chi connectivity index (χ1n) is 17.2. The molecule has 0 spiro atoms. The molecule has 1 aliphatic rings. The summed E-state index contributed by atoms with van der Waals surface area (Å²) in [5, 5.41) is 2.50. The van der Waals surface area contributed by atoms with Crippen LogP contribution >= 0.6 is 0 Å². The third kappa shape index (κ3) is 9.57. The molecule has 0 aromatic heterocycles. The predicted molar refractivity (Wildman–Crippen MR) is 175 cm³/mol. The van der Waals surface area contributed by atoms with Gasteiger partial charge >= 0.3 is 12.4 Å². The minimum Gasteiger partial charge on any atom is -0.356 e. The van der Waals surface area contributed by atoms with Gasteiger partial charge in [-0.3, -0.25) is 9.59 Å². The largest absolute Gasteiger partial charge is 0.430 e. The summed E-state index contributed by atoms with van der Waals surface area (Å²) < 4.78 is 95.4. The highest BCUT2D eigenvalue weighted by Crippen LogP contribution is 2.45. The average Bonchev–Trinajstić information content (AvgIpc) is 3.53. The number of methoxy groups -OCH3 is 2. The Hall–Kier alpha value is -3.12. The van der Waals surface area contributed by atoms with Gasteiger partial charge in [0.2, 0.25) is 0 Å². The van der Waals surface area contributed by atoms with Gasteiger partial charge in [-0.25, -0.2) is 0 Å². The molecule has 2 amide bonds. The molecule has 1 heterocycles. The summed E-state index contributed by atoms with van der Waals surface area (Å²) in [5.74, 6) is -2.28. The highest BCUT2D eigenvalue weighted by molar-refractivity contribution is 5.88. The Morgan fingerprint density at radius 2 is 1.18 bits per heavy atom. The molecule has 6 nitrogen and oxygen atoms in total. The van der Waals surface area contributed by atoms with Gasteiger partial charge in [0.1, 0.15) is 0 Å². The van der Waals surface area contributed by atoms with Crippen molar-refractivity contribution < 1.29 is 45.4 Å². The number of alkyl halides is 6. The molecule has 1 aliphatic heterocycles. The lowest BCUT2D eigenvalue weighted by molar-refractivity contribution is -0.270. The number of ether oxygens (including phenoxy) is 2. The van der Waals surface area contributed by atoms with Crippen molar-refractivity contribution in [3.63, 3.8) is 0 Å². The standard InChI is InChI=1S/C37H50F6N2O4/c1-28(44-32(46)34(48-2,36(38,39)40)29-21-14-11-15-22-29)20-13-9-7-5-4-6-8-10-18-25-31-26-19-27-45(31)33(47)35(49-3,37(41,42)43)30-23-16-12-17-24-30/h11-12,14-17,21-24,28,31H,4-10,13,18-20,25-27H2,1-3H3,(H,44,46)/t28-,31-,34-,35-/m0/s1. The second kappa shape index (κ2) is 18.2. The quantitative estimate of drug-likeness (QED) is 0.117. The molecule has 0 unspecified atom stereocenters. The Morgan fingerprint density at radius 3 is 1.65 bits per heavy atom. The van der Waals surface area contributed by atoms with Crippen LogP contribution in [0.1, 0.15) is 102 Å². The molecule has 4 atom stereocenters. The van der Waals surface area contributed by atoms with Gasteiger partial charge in [-0.2, -0.15) is 26.3 Å². The summed E-state index contributed by atoms with van der Waals surface area (Å²) in [5.41, 5.74) is -6.61. The van der Waals surface area contributed by atoms with Crippen LogP contribution in [0, 0.1) is 0 Å². The van der Waals surface area contributed by atoms with E-state index in [9.17, 15) is 35.9 Å². The summed E-state index contributed by atoms with van der Waals surface area (Å²) in [6.07, 6.45) is 1.05. The van der Waals surface area contributed by atoms with Crippen LogP contribution < -0.4 is 5.32 Å². The van der Waals surface area contributed by atoms with Gasteiger partial charge in [-0.1, -0.05) is 118 Å². The molecule has 0 radical (unpaired) electrons. The minimum atomic E-state index is -4.95. The van der Waals surface area contributed by atoms with Crippen LogP contribution in [0.3, 0.4) is 0 Å². The number of likely N-dealkylation sites (tertiary alicyclic amines) is 1. The number of unbranched alkanes of at least 4 members (excludes halogenated alkanes) is 8.